The first-order chi connectivity index (χ1) is 7.16. The molecule has 5 heteroatoms. The van der Waals surface area contributed by atoms with Gasteiger partial charge in [-0.15, -0.1) is 0 Å². The standard InChI is InChI=1S/C10H12FN3O/c1-2-10(6-15-9(12)14-10)8-4-3-7(11)5-13-8/h3-5H,2,6H2,1H3,(H2,12,14). The van der Waals surface area contributed by atoms with Crippen molar-refractivity contribution in [1.29, 1.82) is 0 Å². The third-order valence-electron chi connectivity index (χ3n) is 2.57. The number of halogens is 1. The summed E-state index contributed by atoms with van der Waals surface area (Å²) in [4.78, 5) is 8.25. The van der Waals surface area contributed by atoms with Crippen LogP contribution in [0.2, 0.25) is 0 Å². The fraction of sp³-hybridized carbons (Fsp3) is 0.400. The maximum atomic E-state index is 12.7. The van der Waals surface area contributed by atoms with Gasteiger partial charge in [0.1, 0.15) is 18.0 Å². The zero-order chi connectivity index (χ0) is 10.9. The summed E-state index contributed by atoms with van der Waals surface area (Å²) in [6.45, 7) is 2.34. The zero-order valence-electron chi connectivity index (χ0n) is 8.40. The smallest absolute Gasteiger partial charge is 0.283 e. The molecule has 0 radical (unpaired) electrons. The Morgan fingerprint density at radius 1 is 1.60 bits per heavy atom. The first kappa shape index (κ1) is 9.89. The van der Waals surface area contributed by atoms with E-state index in [4.69, 9.17) is 10.5 Å². The number of aromatic nitrogens is 1. The molecule has 1 aromatic heterocycles. The lowest BCUT2D eigenvalue weighted by molar-refractivity contribution is 0.245. The fourth-order valence-electron chi connectivity index (χ4n) is 1.61. The summed E-state index contributed by atoms with van der Waals surface area (Å²) in [5, 5.41) is 0. The van der Waals surface area contributed by atoms with E-state index in [1.807, 2.05) is 6.92 Å². The lowest BCUT2D eigenvalue weighted by atomic mass is 9.94. The van der Waals surface area contributed by atoms with Crippen molar-refractivity contribution in [3.8, 4) is 0 Å². The van der Waals surface area contributed by atoms with E-state index in [0.717, 1.165) is 0 Å². The highest BCUT2D eigenvalue weighted by atomic mass is 19.1. The molecular formula is C10H12FN3O. The lowest BCUT2D eigenvalue weighted by Gasteiger charge is -2.20. The van der Waals surface area contributed by atoms with Crippen LogP contribution in [-0.4, -0.2) is 17.6 Å². The molecule has 1 atom stereocenters. The molecule has 0 spiro atoms. The van der Waals surface area contributed by atoms with Crippen LogP contribution in [0.1, 0.15) is 19.0 Å². The molecule has 2 N–H and O–H groups in total. The number of hydrogen-bond acceptors (Lipinski definition) is 4. The van der Waals surface area contributed by atoms with E-state index >= 15 is 0 Å². The van der Waals surface area contributed by atoms with Crippen LogP contribution in [0, 0.1) is 5.82 Å². The van der Waals surface area contributed by atoms with Gasteiger partial charge in [0.15, 0.2) is 0 Å². The average Bonchev–Trinajstić information content (AvgIpc) is 2.62. The van der Waals surface area contributed by atoms with E-state index in [-0.39, 0.29) is 11.8 Å². The zero-order valence-corrected chi connectivity index (χ0v) is 8.40. The number of pyridine rings is 1. The molecule has 0 saturated heterocycles. The molecule has 1 aromatic rings. The van der Waals surface area contributed by atoms with Gasteiger partial charge in [0.05, 0.1) is 11.9 Å². The van der Waals surface area contributed by atoms with Crippen molar-refractivity contribution in [2.24, 2.45) is 10.7 Å². The minimum absolute atomic E-state index is 0.169. The summed E-state index contributed by atoms with van der Waals surface area (Å²) in [5.41, 5.74) is 5.62. The molecule has 2 rings (SSSR count). The van der Waals surface area contributed by atoms with Crippen LogP contribution in [-0.2, 0) is 10.3 Å². The van der Waals surface area contributed by atoms with Crippen LogP contribution in [0.15, 0.2) is 23.3 Å². The van der Waals surface area contributed by atoms with Crippen molar-refractivity contribution in [3.63, 3.8) is 0 Å². The number of rotatable bonds is 2. The van der Waals surface area contributed by atoms with Crippen molar-refractivity contribution in [2.45, 2.75) is 18.9 Å². The second-order valence-electron chi connectivity index (χ2n) is 3.49. The molecule has 15 heavy (non-hydrogen) atoms. The fourth-order valence-corrected chi connectivity index (χ4v) is 1.61. The predicted molar refractivity (Wildman–Crippen MR) is 53.7 cm³/mol. The van der Waals surface area contributed by atoms with Gasteiger partial charge in [0.25, 0.3) is 6.02 Å². The number of aliphatic imine (C=N–C) groups is 1. The van der Waals surface area contributed by atoms with Crippen molar-refractivity contribution in [3.05, 3.63) is 29.8 Å². The minimum atomic E-state index is -0.544. The van der Waals surface area contributed by atoms with Crippen molar-refractivity contribution in [1.82, 2.24) is 4.98 Å². The van der Waals surface area contributed by atoms with Crippen LogP contribution in [0.5, 0.6) is 0 Å². The molecule has 1 aliphatic rings. The summed E-state index contributed by atoms with van der Waals surface area (Å²) in [5.74, 6) is -0.360. The first-order valence-electron chi connectivity index (χ1n) is 4.76. The molecule has 80 valence electrons. The Bertz CT molecular complexity index is 390. The van der Waals surface area contributed by atoms with Gasteiger partial charge in [-0.05, 0) is 18.6 Å². The van der Waals surface area contributed by atoms with Crippen LogP contribution >= 0.6 is 0 Å². The van der Waals surface area contributed by atoms with Crippen molar-refractivity contribution < 1.29 is 9.13 Å². The van der Waals surface area contributed by atoms with Crippen LogP contribution in [0.3, 0.4) is 0 Å². The third-order valence-corrected chi connectivity index (χ3v) is 2.57. The Labute approximate surface area is 87.0 Å². The normalized spacial score (nSPS) is 24.8. The summed E-state index contributed by atoms with van der Waals surface area (Å²) in [7, 11) is 0. The van der Waals surface area contributed by atoms with E-state index in [0.29, 0.717) is 18.7 Å². The first-order valence-corrected chi connectivity index (χ1v) is 4.76. The monoisotopic (exact) mass is 209 g/mol. The highest BCUT2D eigenvalue weighted by Gasteiger charge is 2.37. The summed E-state index contributed by atoms with van der Waals surface area (Å²) >= 11 is 0. The van der Waals surface area contributed by atoms with Crippen molar-refractivity contribution in [2.75, 3.05) is 6.61 Å². The maximum absolute atomic E-state index is 12.7. The molecule has 1 aliphatic heterocycles. The maximum Gasteiger partial charge on any atom is 0.283 e. The van der Waals surface area contributed by atoms with Gasteiger partial charge in [-0.2, -0.15) is 0 Å². The topological polar surface area (TPSA) is 60.5 Å². The second kappa shape index (κ2) is 3.49. The number of hydrogen-bond donors (Lipinski definition) is 1. The second-order valence-corrected chi connectivity index (χ2v) is 3.49. The molecule has 0 bridgehead atoms. The minimum Gasteiger partial charge on any atom is -0.462 e. The number of nitrogens with zero attached hydrogens (tertiary/aromatic N) is 2. The Balaban J connectivity index is 2.39. The Morgan fingerprint density at radius 3 is 2.87 bits per heavy atom. The molecule has 0 saturated carbocycles. The van der Waals surface area contributed by atoms with Gasteiger partial charge in [-0.1, -0.05) is 6.92 Å². The Kier molecular flexibility index (Phi) is 2.30. The SMILES string of the molecule is CCC1(c2ccc(F)cn2)COC(N)=N1. The molecule has 1 unspecified atom stereocenters. The van der Waals surface area contributed by atoms with Crippen LogP contribution in [0.4, 0.5) is 4.39 Å². The molecule has 0 aromatic carbocycles. The molecule has 4 nitrogen and oxygen atoms in total. The average molecular weight is 209 g/mol. The van der Waals surface area contributed by atoms with Gasteiger partial charge in [0, 0.05) is 0 Å². The van der Waals surface area contributed by atoms with E-state index in [2.05, 4.69) is 9.98 Å². The largest absolute Gasteiger partial charge is 0.462 e. The third kappa shape index (κ3) is 1.65. The highest BCUT2D eigenvalue weighted by Crippen LogP contribution is 2.31. The summed E-state index contributed by atoms with van der Waals surface area (Å²) in [6, 6.07) is 3.15. The van der Waals surface area contributed by atoms with Gasteiger partial charge in [-0.25, -0.2) is 9.38 Å². The van der Waals surface area contributed by atoms with E-state index in [9.17, 15) is 4.39 Å². The van der Waals surface area contributed by atoms with E-state index < -0.39 is 5.54 Å². The molecule has 0 fully saturated rings. The highest BCUT2D eigenvalue weighted by molar-refractivity contribution is 5.74. The summed E-state index contributed by atoms with van der Waals surface area (Å²) < 4.78 is 17.9. The van der Waals surface area contributed by atoms with E-state index in [1.165, 1.54) is 12.3 Å². The van der Waals surface area contributed by atoms with Crippen molar-refractivity contribution >= 4 is 6.02 Å². The molecule has 0 aliphatic carbocycles. The van der Waals surface area contributed by atoms with Gasteiger partial charge in [-0.3, -0.25) is 4.98 Å². The number of nitrogens with two attached hydrogens (primary N) is 1. The van der Waals surface area contributed by atoms with E-state index in [1.54, 1.807) is 6.07 Å². The number of ether oxygens (including phenoxy) is 1. The number of amidine groups is 1. The quantitative estimate of drug-likeness (QED) is 0.795. The molecule has 0 amide bonds. The molecular weight excluding hydrogens is 197 g/mol. The molecule has 2 heterocycles. The lowest BCUT2D eigenvalue weighted by Crippen LogP contribution is -2.25. The van der Waals surface area contributed by atoms with Gasteiger partial charge < -0.3 is 10.5 Å². The summed E-state index contributed by atoms with van der Waals surface area (Å²) in [6.07, 6.45) is 1.89. The van der Waals surface area contributed by atoms with Crippen LogP contribution < -0.4 is 5.73 Å². The Morgan fingerprint density at radius 2 is 2.40 bits per heavy atom. The van der Waals surface area contributed by atoms with Gasteiger partial charge >= 0.3 is 0 Å². The van der Waals surface area contributed by atoms with Gasteiger partial charge in [0.2, 0.25) is 0 Å². The predicted octanol–water partition coefficient (Wildman–Crippen LogP) is 1.17. The van der Waals surface area contributed by atoms with Crippen LogP contribution in [0.25, 0.3) is 0 Å². The Hall–Kier alpha value is -1.65.